The minimum atomic E-state index is 1.11. The van der Waals surface area contributed by atoms with E-state index in [1.807, 2.05) is 0 Å². The monoisotopic (exact) mass is 1630 g/mol. The first-order valence-electron chi connectivity index (χ1n) is 43.3. The van der Waals surface area contributed by atoms with Gasteiger partial charge in [-0.3, -0.25) is 0 Å². The zero-order valence-electron chi connectivity index (χ0n) is 71.3. The van der Waals surface area contributed by atoms with Crippen LogP contribution >= 0.6 is 0 Å². The Kier molecular flexibility index (Phi) is 23.6. The molecule has 608 valence electrons. The zero-order chi connectivity index (χ0) is 85.6. The minimum absolute atomic E-state index is 1.11. The van der Waals surface area contributed by atoms with Crippen molar-refractivity contribution in [1.82, 2.24) is 0 Å². The quantitative estimate of drug-likeness (QED) is 0.0752. The summed E-state index contributed by atoms with van der Waals surface area (Å²) in [5, 5.41) is 9.88. The van der Waals surface area contributed by atoms with Crippen LogP contribution < -0.4 is 29.4 Å². The number of benzene rings is 21. The highest BCUT2D eigenvalue weighted by molar-refractivity contribution is 5.94. The molecule has 0 saturated heterocycles. The van der Waals surface area contributed by atoms with Crippen LogP contribution in [0.3, 0.4) is 0 Å². The third-order valence-electron chi connectivity index (χ3n) is 24.0. The lowest BCUT2D eigenvalue weighted by Gasteiger charge is -2.27. The van der Waals surface area contributed by atoms with Gasteiger partial charge in [-0.15, -0.1) is 0 Å². The maximum absolute atomic E-state index is 2.33. The maximum Gasteiger partial charge on any atom is 0.0468 e. The van der Waals surface area contributed by atoms with Crippen LogP contribution in [0.5, 0.6) is 0 Å². The van der Waals surface area contributed by atoms with Gasteiger partial charge in [-0.1, -0.05) is 334 Å². The van der Waals surface area contributed by atoms with Crippen molar-refractivity contribution in [2.75, 3.05) is 50.5 Å². The Labute approximate surface area is 745 Å². The van der Waals surface area contributed by atoms with Crippen LogP contribution in [0.2, 0.25) is 0 Å². The van der Waals surface area contributed by atoms with E-state index in [9.17, 15) is 0 Å². The molecule has 127 heavy (non-hydrogen) atoms. The zero-order valence-corrected chi connectivity index (χ0v) is 71.3. The molecule has 0 aliphatic rings. The van der Waals surface area contributed by atoms with Gasteiger partial charge < -0.3 is 29.4 Å². The van der Waals surface area contributed by atoms with Crippen molar-refractivity contribution in [1.29, 1.82) is 0 Å². The first-order chi connectivity index (χ1) is 62.7. The molecule has 0 fully saturated rings. The predicted octanol–water partition coefficient (Wildman–Crippen LogP) is 33.7. The lowest BCUT2D eigenvalue weighted by Crippen LogP contribution is -2.12. The Balaban J connectivity index is 0.000000124. The maximum atomic E-state index is 2.33. The van der Waals surface area contributed by atoms with E-state index in [0.29, 0.717) is 0 Å². The van der Waals surface area contributed by atoms with Crippen molar-refractivity contribution in [2.24, 2.45) is 0 Å². The van der Waals surface area contributed by atoms with E-state index in [4.69, 9.17) is 0 Å². The van der Waals surface area contributed by atoms with Gasteiger partial charge in [-0.05, 0) is 281 Å². The van der Waals surface area contributed by atoms with Crippen LogP contribution in [-0.4, -0.2) is 21.1 Å². The lowest BCUT2D eigenvalue weighted by molar-refractivity contribution is 1.20. The molecule has 0 aliphatic heterocycles. The van der Waals surface area contributed by atoms with Gasteiger partial charge in [0.2, 0.25) is 0 Å². The Hall–Kier alpha value is -16.5. The second-order valence-electron chi connectivity index (χ2n) is 31.9. The Morgan fingerprint density at radius 1 is 0.102 bits per heavy atom. The van der Waals surface area contributed by atoms with Crippen molar-refractivity contribution in [3.8, 4) is 55.6 Å². The molecule has 0 aliphatic carbocycles. The third kappa shape index (κ3) is 18.2. The van der Waals surface area contributed by atoms with E-state index in [2.05, 4.69) is 566 Å². The molecule has 21 aromatic carbocycles. The van der Waals surface area contributed by atoms with E-state index in [-0.39, 0.29) is 0 Å². The van der Waals surface area contributed by atoms with Crippen LogP contribution in [0.15, 0.2) is 516 Å². The Morgan fingerprint density at radius 3 is 0.535 bits per heavy atom. The first-order valence-corrected chi connectivity index (χ1v) is 43.3. The second kappa shape index (κ2) is 37.4. The standard InChI is InChI=1S/2C41H32N2.C39H30N2/c1-42(40-18-10-17-36(29-40)32-13-6-3-7-14-32)37-25-27-39(28-26-37)43(41-24-21-33-15-8-9-16-35(33)30-41)38-22-19-34(20-23-38)31-11-4-2-5-12-31;1-42(37-21-16-34(17-22-37)31-10-4-2-5-11-31)38-26-28-40(29-27-38)43(41-25-20-33-14-8-9-15-36(33)30-41)39-23-18-35(19-24-39)32-12-6-3-7-13-32;1-40(38-21-17-30-11-5-7-13-33(30)27-38)35-23-25-37(26-24-35)41(39-22-18-31-12-6-8-14-34(31)28-39)36-19-15-32(16-20-36)29-9-3-2-4-10-29/h2*2-30H,1H3;2-28H,1H3. The topological polar surface area (TPSA) is 19.4 Å². The molecule has 0 spiro atoms. The molecule has 6 nitrogen and oxygen atoms in total. The molecule has 0 unspecified atom stereocenters. The second-order valence-corrected chi connectivity index (χ2v) is 31.9. The number of anilines is 15. The summed E-state index contributed by atoms with van der Waals surface area (Å²) >= 11 is 0. The summed E-state index contributed by atoms with van der Waals surface area (Å²) in [5.41, 5.74) is 29.1. The van der Waals surface area contributed by atoms with Gasteiger partial charge in [0.1, 0.15) is 0 Å². The summed E-state index contributed by atoms with van der Waals surface area (Å²) in [5.74, 6) is 0. The fourth-order valence-corrected chi connectivity index (χ4v) is 16.9. The van der Waals surface area contributed by atoms with Crippen molar-refractivity contribution in [3.05, 3.63) is 516 Å². The number of hydrogen-bond acceptors (Lipinski definition) is 6. The number of rotatable bonds is 20. The van der Waals surface area contributed by atoms with Crippen LogP contribution in [0.25, 0.3) is 98.7 Å². The number of hydrogen-bond donors (Lipinski definition) is 0. The molecule has 0 saturated carbocycles. The molecule has 0 radical (unpaired) electrons. The van der Waals surface area contributed by atoms with Crippen LogP contribution in [0.1, 0.15) is 0 Å². The molecule has 21 rings (SSSR count). The highest BCUT2D eigenvalue weighted by atomic mass is 15.2. The summed E-state index contributed by atoms with van der Waals surface area (Å²) in [6.45, 7) is 0. The molecule has 0 N–H and O–H groups in total. The molecule has 6 heteroatoms. The predicted molar refractivity (Wildman–Crippen MR) is 544 cm³/mol. The number of nitrogens with zero attached hydrogens (tertiary/aromatic N) is 6. The van der Waals surface area contributed by atoms with E-state index >= 15 is 0 Å². The van der Waals surface area contributed by atoms with Gasteiger partial charge in [-0.25, -0.2) is 0 Å². The SMILES string of the molecule is CN(c1ccc(-c2ccccc2)cc1)c1ccc(N(c2ccc(-c3ccccc3)cc2)c2ccc3ccccc3c2)cc1.CN(c1ccc(N(c2ccc(-c3ccccc3)cc2)c2ccc3ccccc3c2)cc1)c1ccc2ccccc2c1.CN(c1ccc(N(c2ccc(-c3ccccc3)cc2)c2ccc3ccccc3c2)cc1)c1cccc(-c2ccccc2)c1. The van der Waals surface area contributed by atoms with Gasteiger partial charge in [0.25, 0.3) is 0 Å². The van der Waals surface area contributed by atoms with Crippen molar-refractivity contribution >= 4 is 128 Å². The summed E-state index contributed by atoms with van der Waals surface area (Å²) in [7, 11) is 6.38. The molecule has 0 heterocycles. The Bertz CT molecular complexity index is 7240. The fraction of sp³-hybridized carbons (Fsp3) is 0.0248. The van der Waals surface area contributed by atoms with Crippen molar-refractivity contribution in [2.45, 2.75) is 0 Å². The largest absolute Gasteiger partial charge is 0.345 e. The molecule has 0 bridgehead atoms. The Morgan fingerprint density at radius 2 is 0.268 bits per heavy atom. The first kappa shape index (κ1) is 80.2. The normalized spacial score (nSPS) is 11.0. The third-order valence-corrected chi connectivity index (χ3v) is 24.0. The van der Waals surface area contributed by atoms with Gasteiger partial charge in [0, 0.05) is 106 Å². The summed E-state index contributed by atoms with van der Waals surface area (Å²) < 4.78 is 0. The summed E-state index contributed by atoms with van der Waals surface area (Å²) in [6.07, 6.45) is 0. The molecule has 21 aromatic rings. The highest BCUT2D eigenvalue weighted by Gasteiger charge is 2.20. The minimum Gasteiger partial charge on any atom is -0.345 e. The molecule has 0 atom stereocenters. The van der Waals surface area contributed by atoms with Crippen LogP contribution in [-0.2, 0) is 0 Å². The van der Waals surface area contributed by atoms with E-state index < -0.39 is 0 Å². The fourth-order valence-electron chi connectivity index (χ4n) is 16.9. The molecule has 0 aromatic heterocycles. The summed E-state index contributed by atoms with van der Waals surface area (Å²) in [6, 6.07) is 184. The van der Waals surface area contributed by atoms with Crippen LogP contribution in [0.4, 0.5) is 85.3 Å². The molecular formula is C121H94N6. The van der Waals surface area contributed by atoms with Gasteiger partial charge >= 0.3 is 0 Å². The van der Waals surface area contributed by atoms with Crippen LogP contribution in [0, 0.1) is 0 Å². The average molecular weight is 1630 g/mol. The summed E-state index contributed by atoms with van der Waals surface area (Å²) in [4.78, 5) is 13.7. The van der Waals surface area contributed by atoms with Gasteiger partial charge in [0.15, 0.2) is 0 Å². The van der Waals surface area contributed by atoms with E-state index in [1.54, 1.807) is 0 Å². The van der Waals surface area contributed by atoms with Gasteiger partial charge in [-0.2, -0.15) is 0 Å². The van der Waals surface area contributed by atoms with Gasteiger partial charge in [0.05, 0.1) is 0 Å². The van der Waals surface area contributed by atoms with E-state index in [1.165, 1.54) is 104 Å². The van der Waals surface area contributed by atoms with Crippen molar-refractivity contribution in [3.63, 3.8) is 0 Å². The van der Waals surface area contributed by atoms with E-state index in [0.717, 1.165) is 79.6 Å². The molecule has 0 amide bonds. The number of fused-ring (bicyclic) bond motifs is 4. The van der Waals surface area contributed by atoms with Crippen molar-refractivity contribution < 1.29 is 0 Å². The average Bonchev–Trinajstić information content (AvgIpc) is 0.790. The highest BCUT2D eigenvalue weighted by Crippen LogP contribution is 2.44. The molecular weight excluding hydrogens is 1540 g/mol. The smallest absolute Gasteiger partial charge is 0.0468 e. The lowest BCUT2D eigenvalue weighted by atomic mass is 10.0.